The number of benzene rings is 1. The Balaban J connectivity index is 1.85. The van der Waals surface area contributed by atoms with Crippen LogP contribution >= 0.6 is 0 Å². The van der Waals surface area contributed by atoms with E-state index in [9.17, 15) is 0 Å². The Morgan fingerprint density at radius 2 is 2.05 bits per heavy atom. The van der Waals surface area contributed by atoms with Gasteiger partial charge < -0.3 is 14.8 Å². The average molecular weight is 292 g/mol. The first-order valence-corrected chi connectivity index (χ1v) is 7.97. The Morgan fingerprint density at radius 1 is 1.29 bits per heavy atom. The van der Waals surface area contributed by atoms with Crippen LogP contribution in [0.4, 0.5) is 0 Å². The highest BCUT2D eigenvalue weighted by Gasteiger charge is 2.24. The predicted octanol–water partition coefficient (Wildman–Crippen LogP) is 2.54. The van der Waals surface area contributed by atoms with Gasteiger partial charge >= 0.3 is 0 Å². The summed E-state index contributed by atoms with van der Waals surface area (Å²) in [6.07, 6.45) is 2.47. The first-order chi connectivity index (χ1) is 10.2. The number of nitrogens with zero attached hydrogens (tertiary/aromatic N) is 1. The van der Waals surface area contributed by atoms with Gasteiger partial charge in [0, 0.05) is 31.7 Å². The van der Waals surface area contributed by atoms with Gasteiger partial charge in [-0.1, -0.05) is 25.5 Å². The van der Waals surface area contributed by atoms with Crippen molar-refractivity contribution in [2.24, 2.45) is 0 Å². The second-order valence-corrected chi connectivity index (χ2v) is 5.75. The van der Waals surface area contributed by atoms with Crippen molar-refractivity contribution in [1.29, 1.82) is 0 Å². The Morgan fingerprint density at radius 3 is 2.76 bits per heavy atom. The molecule has 0 spiro atoms. The maximum absolute atomic E-state index is 5.91. The topological polar surface area (TPSA) is 33.7 Å². The summed E-state index contributed by atoms with van der Waals surface area (Å²) in [5.74, 6) is 1.63. The number of para-hydroxylation sites is 2. The molecule has 0 aliphatic carbocycles. The second-order valence-electron chi connectivity index (χ2n) is 5.75. The van der Waals surface area contributed by atoms with Gasteiger partial charge in [-0.15, -0.1) is 0 Å². The SMILES string of the molecule is CCCC1CNC(C)CN1CCOc1ccccc1OC. The summed E-state index contributed by atoms with van der Waals surface area (Å²) in [5, 5.41) is 3.57. The van der Waals surface area contributed by atoms with Crippen molar-refractivity contribution in [3.05, 3.63) is 24.3 Å². The summed E-state index contributed by atoms with van der Waals surface area (Å²) < 4.78 is 11.2. The molecule has 0 bridgehead atoms. The van der Waals surface area contributed by atoms with E-state index >= 15 is 0 Å². The molecule has 21 heavy (non-hydrogen) atoms. The first kappa shape index (κ1) is 16.1. The van der Waals surface area contributed by atoms with E-state index in [-0.39, 0.29) is 0 Å². The minimum Gasteiger partial charge on any atom is -0.493 e. The predicted molar refractivity (Wildman–Crippen MR) is 86.2 cm³/mol. The molecule has 0 saturated carbocycles. The van der Waals surface area contributed by atoms with Crippen LogP contribution in [-0.4, -0.2) is 50.3 Å². The number of methoxy groups -OCH3 is 1. The lowest BCUT2D eigenvalue weighted by Gasteiger charge is -2.39. The molecule has 2 atom stereocenters. The summed E-state index contributed by atoms with van der Waals surface area (Å²) >= 11 is 0. The molecule has 2 unspecified atom stereocenters. The molecule has 0 aromatic heterocycles. The number of piperazine rings is 1. The quantitative estimate of drug-likeness (QED) is 0.837. The largest absolute Gasteiger partial charge is 0.493 e. The lowest BCUT2D eigenvalue weighted by atomic mass is 10.1. The summed E-state index contributed by atoms with van der Waals surface area (Å²) in [4.78, 5) is 2.56. The van der Waals surface area contributed by atoms with Crippen molar-refractivity contribution in [3.63, 3.8) is 0 Å². The molecule has 1 aromatic rings. The molecule has 0 amide bonds. The molecule has 0 radical (unpaired) electrons. The molecule has 1 aliphatic rings. The van der Waals surface area contributed by atoms with Gasteiger partial charge in [-0.05, 0) is 25.5 Å². The molecular weight excluding hydrogens is 264 g/mol. The lowest BCUT2D eigenvalue weighted by molar-refractivity contribution is 0.106. The third-order valence-corrected chi connectivity index (χ3v) is 4.05. The molecule has 118 valence electrons. The van der Waals surface area contributed by atoms with Gasteiger partial charge in [-0.25, -0.2) is 0 Å². The van der Waals surface area contributed by atoms with Gasteiger partial charge in [-0.3, -0.25) is 4.90 Å². The molecule has 4 nitrogen and oxygen atoms in total. The zero-order valence-corrected chi connectivity index (χ0v) is 13.5. The smallest absolute Gasteiger partial charge is 0.161 e. The maximum atomic E-state index is 5.91. The minimum absolute atomic E-state index is 0.560. The third kappa shape index (κ3) is 4.61. The maximum Gasteiger partial charge on any atom is 0.161 e. The van der Waals surface area contributed by atoms with E-state index in [1.54, 1.807) is 7.11 Å². The van der Waals surface area contributed by atoms with Crippen LogP contribution < -0.4 is 14.8 Å². The zero-order valence-electron chi connectivity index (χ0n) is 13.5. The Bertz CT molecular complexity index is 425. The second kappa shape index (κ2) is 8.25. The summed E-state index contributed by atoms with van der Waals surface area (Å²) in [7, 11) is 1.68. The number of hydrogen-bond acceptors (Lipinski definition) is 4. The summed E-state index contributed by atoms with van der Waals surface area (Å²) in [6, 6.07) is 9.02. The van der Waals surface area contributed by atoms with E-state index in [1.165, 1.54) is 12.8 Å². The van der Waals surface area contributed by atoms with Crippen LogP contribution in [0, 0.1) is 0 Å². The standard InChI is InChI=1S/C17H28N2O2/c1-4-7-15-12-18-14(2)13-19(15)10-11-21-17-9-6-5-8-16(17)20-3/h5-6,8-9,14-15,18H,4,7,10-13H2,1-3H3. The van der Waals surface area contributed by atoms with E-state index in [1.807, 2.05) is 24.3 Å². The van der Waals surface area contributed by atoms with Crippen molar-refractivity contribution in [3.8, 4) is 11.5 Å². The third-order valence-electron chi connectivity index (χ3n) is 4.05. The average Bonchev–Trinajstić information content (AvgIpc) is 2.50. The zero-order chi connectivity index (χ0) is 15.1. The van der Waals surface area contributed by atoms with Crippen LogP contribution in [0.25, 0.3) is 0 Å². The van der Waals surface area contributed by atoms with Crippen LogP contribution in [0.15, 0.2) is 24.3 Å². The van der Waals surface area contributed by atoms with Gasteiger partial charge in [0.2, 0.25) is 0 Å². The number of ether oxygens (including phenoxy) is 2. The van der Waals surface area contributed by atoms with E-state index in [0.717, 1.165) is 31.1 Å². The van der Waals surface area contributed by atoms with E-state index < -0.39 is 0 Å². The van der Waals surface area contributed by atoms with Crippen LogP contribution in [0.3, 0.4) is 0 Å². The van der Waals surface area contributed by atoms with Crippen LogP contribution in [-0.2, 0) is 0 Å². The molecule has 1 saturated heterocycles. The molecule has 1 aliphatic heterocycles. The molecule has 4 heteroatoms. The monoisotopic (exact) mass is 292 g/mol. The molecule has 1 fully saturated rings. The fraction of sp³-hybridized carbons (Fsp3) is 0.647. The van der Waals surface area contributed by atoms with Crippen LogP contribution in [0.5, 0.6) is 11.5 Å². The van der Waals surface area contributed by atoms with Crippen molar-refractivity contribution in [1.82, 2.24) is 10.2 Å². The lowest BCUT2D eigenvalue weighted by Crippen LogP contribution is -2.56. The molecule has 2 rings (SSSR count). The normalized spacial score (nSPS) is 23.0. The van der Waals surface area contributed by atoms with Crippen molar-refractivity contribution in [2.75, 3.05) is 33.4 Å². The van der Waals surface area contributed by atoms with Gasteiger partial charge in [0.25, 0.3) is 0 Å². The van der Waals surface area contributed by atoms with Gasteiger partial charge in [-0.2, -0.15) is 0 Å². The fourth-order valence-corrected chi connectivity index (χ4v) is 2.93. The highest BCUT2D eigenvalue weighted by Crippen LogP contribution is 2.25. The van der Waals surface area contributed by atoms with Crippen molar-refractivity contribution >= 4 is 0 Å². The number of rotatable bonds is 7. The number of nitrogens with one attached hydrogen (secondary N) is 1. The molecule has 1 heterocycles. The highest BCUT2D eigenvalue weighted by atomic mass is 16.5. The van der Waals surface area contributed by atoms with Crippen molar-refractivity contribution < 1.29 is 9.47 Å². The Hall–Kier alpha value is -1.26. The number of hydrogen-bond donors (Lipinski definition) is 1. The van der Waals surface area contributed by atoms with Gasteiger partial charge in [0.05, 0.1) is 7.11 Å². The van der Waals surface area contributed by atoms with E-state index in [4.69, 9.17) is 9.47 Å². The molecule has 1 N–H and O–H groups in total. The molecular formula is C17H28N2O2. The van der Waals surface area contributed by atoms with E-state index in [2.05, 4.69) is 24.1 Å². The first-order valence-electron chi connectivity index (χ1n) is 7.97. The highest BCUT2D eigenvalue weighted by molar-refractivity contribution is 5.39. The Kier molecular flexibility index (Phi) is 6.33. The van der Waals surface area contributed by atoms with Gasteiger partial charge in [0.1, 0.15) is 6.61 Å². The minimum atomic E-state index is 0.560. The Labute approximate surface area is 128 Å². The summed E-state index contributed by atoms with van der Waals surface area (Å²) in [5.41, 5.74) is 0. The van der Waals surface area contributed by atoms with Crippen molar-refractivity contribution in [2.45, 2.75) is 38.8 Å². The molecule has 1 aromatic carbocycles. The fourth-order valence-electron chi connectivity index (χ4n) is 2.93. The summed E-state index contributed by atoms with van der Waals surface area (Å²) in [6.45, 7) is 8.35. The van der Waals surface area contributed by atoms with Gasteiger partial charge in [0.15, 0.2) is 11.5 Å². The van der Waals surface area contributed by atoms with Crippen LogP contribution in [0.1, 0.15) is 26.7 Å². The van der Waals surface area contributed by atoms with E-state index in [0.29, 0.717) is 18.7 Å². The van der Waals surface area contributed by atoms with Crippen LogP contribution in [0.2, 0.25) is 0 Å².